The number of allylic oxidation sites excluding steroid dienone is 2. The van der Waals surface area contributed by atoms with E-state index in [9.17, 15) is 0 Å². The van der Waals surface area contributed by atoms with Crippen LogP contribution in [0.1, 0.15) is 13.8 Å². The summed E-state index contributed by atoms with van der Waals surface area (Å²) in [6.07, 6.45) is 5.91. The molecule has 10 heavy (non-hydrogen) atoms. The molecule has 1 heteroatoms. The predicted octanol–water partition coefficient (Wildman–Crippen LogP) is 2.18. The molecule has 0 aromatic heterocycles. The van der Waals surface area contributed by atoms with Crippen molar-refractivity contribution in [2.24, 2.45) is 0 Å². The summed E-state index contributed by atoms with van der Waals surface area (Å²) in [7, 11) is 4.03. The third-order valence-corrected chi connectivity index (χ3v) is 1.21. The standard InChI is InChI=1S/C9H15N/c1-5-7-8-9(6-2)10(3)4/h5-6,8H,1-4H3/b9-6+. The SMILES string of the molecule is CC=C=C/C(=C\C)N(C)C. The number of hydrogen-bond donors (Lipinski definition) is 0. The number of nitrogens with zero attached hydrogens (tertiary/aromatic N) is 1. The van der Waals surface area contributed by atoms with Crippen LogP contribution in [0.15, 0.2) is 29.7 Å². The van der Waals surface area contributed by atoms with Gasteiger partial charge in [0.2, 0.25) is 0 Å². The first-order valence-electron chi connectivity index (χ1n) is 3.43. The van der Waals surface area contributed by atoms with Gasteiger partial charge in [-0.2, -0.15) is 0 Å². The van der Waals surface area contributed by atoms with E-state index >= 15 is 0 Å². The molecule has 0 radical (unpaired) electrons. The molecule has 0 aliphatic carbocycles. The fourth-order valence-electron chi connectivity index (χ4n) is 0.639. The Morgan fingerprint density at radius 3 is 2.20 bits per heavy atom. The van der Waals surface area contributed by atoms with Crippen LogP contribution in [0.25, 0.3) is 0 Å². The first-order chi connectivity index (χ1) is 4.72. The molecule has 1 nitrogen and oxygen atoms in total. The van der Waals surface area contributed by atoms with Gasteiger partial charge < -0.3 is 4.90 Å². The van der Waals surface area contributed by atoms with Gasteiger partial charge in [-0.1, -0.05) is 6.08 Å². The molecule has 0 saturated heterocycles. The summed E-state index contributed by atoms with van der Waals surface area (Å²) in [6, 6.07) is 0. The first kappa shape index (κ1) is 9.06. The van der Waals surface area contributed by atoms with E-state index in [1.165, 1.54) is 5.70 Å². The van der Waals surface area contributed by atoms with Gasteiger partial charge in [-0.15, -0.1) is 5.73 Å². The van der Waals surface area contributed by atoms with Crippen molar-refractivity contribution in [3.05, 3.63) is 29.7 Å². The second kappa shape index (κ2) is 4.89. The van der Waals surface area contributed by atoms with Crippen molar-refractivity contribution in [2.75, 3.05) is 14.1 Å². The summed E-state index contributed by atoms with van der Waals surface area (Å²) in [5.74, 6) is 0. The maximum absolute atomic E-state index is 3.02. The fraction of sp³-hybridized carbons (Fsp3) is 0.444. The van der Waals surface area contributed by atoms with E-state index in [-0.39, 0.29) is 0 Å². The first-order valence-corrected chi connectivity index (χ1v) is 3.43. The van der Waals surface area contributed by atoms with E-state index < -0.39 is 0 Å². The second-order valence-electron chi connectivity index (χ2n) is 2.21. The second-order valence-corrected chi connectivity index (χ2v) is 2.21. The highest BCUT2D eigenvalue weighted by Gasteiger charge is 1.88. The van der Waals surface area contributed by atoms with E-state index in [4.69, 9.17) is 0 Å². The molecule has 0 N–H and O–H groups in total. The third kappa shape index (κ3) is 3.16. The summed E-state index contributed by atoms with van der Waals surface area (Å²) in [5.41, 5.74) is 4.20. The van der Waals surface area contributed by atoms with Crippen molar-refractivity contribution in [1.29, 1.82) is 0 Å². The van der Waals surface area contributed by atoms with Crippen molar-refractivity contribution in [2.45, 2.75) is 13.8 Å². The molecule has 0 aliphatic heterocycles. The van der Waals surface area contributed by atoms with Gasteiger partial charge in [0.25, 0.3) is 0 Å². The Balaban J connectivity index is 4.26. The fourth-order valence-corrected chi connectivity index (χ4v) is 0.639. The van der Waals surface area contributed by atoms with Gasteiger partial charge in [-0.25, -0.2) is 0 Å². The smallest absolute Gasteiger partial charge is 0.0395 e. The highest BCUT2D eigenvalue weighted by Crippen LogP contribution is 1.97. The van der Waals surface area contributed by atoms with E-state index in [2.05, 4.69) is 16.7 Å². The van der Waals surface area contributed by atoms with Gasteiger partial charge in [-0.05, 0) is 19.9 Å². The van der Waals surface area contributed by atoms with Crippen molar-refractivity contribution < 1.29 is 0 Å². The summed E-state index contributed by atoms with van der Waals surface area (Å²) in [5, 5.41) is 0. The van der Waals surface area contributed by atoms with E-state index in [0.29, 0.717) is 0 Å². The maximum atomic E-state index is 3.02. The quantitative estimate of drug-likeness (QED) is 0.416. The molecule has 0 fully saturated rings. The highest BCUT2D eigenvalue weighted by atomic mass is 15.1. The predicted molar refractivity (Wildman–Crippen MR) is 45.8 cm³/mol. The molecule has 0 aromatic carbocycles. The van der Waals surface area contributed by atoms with Crippen molar-refractivity contribution in [3.8, 4) is 0 Å². The Labute approximate surface area is 63.3 Å². The maximum Gasteiger partial charge on any atom is 0.0395 e. The minimum absolute atomic E-state index is 1.18. The van der Waals surface area contributed by atoms with E-state index in [1.54, 1.807) is 0 Å². The molecular formula is C9H15N. The average Bonchev–Trinajstić information content (AvgIpc) is 1.89. The Bertz CT molecular complexity index is 169. The lowest BCUT2D eigenvalue weighted by molar-refractivity contribution is 0.529. The highest BCUT2D eigenvalue weighted by molar-refractivity contribution is 5.14. The Morgan fingerprint density at radius 2 is 1.90 bits per heavy atom. The Morgan fingerprint density at radius 1 is 1.30 bits per heavy atom. The van der Waals surface area contributed by atoms with Crippen LogP contribution in [-0.2, 0) is 0 Å². The zero-order valence-corrected chi connectivity index (χ0v) is 7.18. The van der Waals surface area contributed by atoms with Gasteiger partial charge in [0, 0.05) is 25.9 Å². The average molecular weight is 137 g/mol. The molecule has 0 unspecified atom stereocenters. The molecule has 0 rings (SSSR count). The molecule has 0 bridgehead atoms. The molecular weight excluding hydrogens is 122 g/mol. The molecule has 0 aromatic rings. The molecule has 56 valence electrons. The Kier molecular flexibility index (Phi) is 4.43. The summed E-state index contributed by atoms with van der Waals surface area (Å²) < 4.78 is 0. The summed E-state index contributed by atoms with van der Waals surface area (Å²) in [4.78, 5) is 2.05. The lowest BCUT2D eigenvalue weighted by Gasteiger charge is -2.11. The van der Waals surface area contributed by atoms with E-state index in [0.717, 1.165) is 0 Å². The minimum Gasteiger partial charge on any atom is -0.377 e. The lowest BCUT2D eigenvalue weighted by Crippen LogP contribution is -2.08. The minimum atomic E-state index is 1.18. The molecule has 0 heterocycles. The van der Waals surface area contributed by atoms with Crippen LogP contribution in [0.2, 0.25) is 0 Å². The molecule has 0 amide bonds. The van der Waals surface area contributed by atoms with Gasteiger partial charge >= 0.3 is 0 Å². The van der Waals surface area contributed by atoms with Gasteiger partial charge in [0.15, 0.2) is 0 Å². The van der Waals surface area contributed by atoms with Crippen LogP contribution in [-0.4, -0.2) is 19.0 Å². The van der Waals surface area contributed by atoms with Gasteiger partial charge in [0.05, 0.1) is 0 Å². The van der Waals surface area contributed by atoms with Crippen molar-refractivity contribution in [1.82, 2.24) is 4.90 Å². The van der Waals surface area contributed by atoms with Gasteiger partial charge in [0.1, 0.15) is 0 Å². The Hall–Kier alpha value is -0.940. The number of rotatable bonds is 2. The van der Waals surface area contributed by atoms with Gasteiger partial charge in [-0.3, -0.25) is 0 Å². The molecule has 0 atom stereocenters. The monoisotopic (exact) mass is 137 g/mol. The number of likely N-dealkylation sites (N-methyl/N-ethyl adjacent to an activating group) is 1. The molecule has 0 saturated carbocycles. The topological polar surface area (TPSA) is 3.24 Å². The third-order valence-electron chi connectivity index (χ3n) is 1.21. The van der Waals surface area contributed by atoms with E-state index in [1.807, 2.05) is 40.1 Å². The molecule has 0 spiro atoms. The zero-order valence-electron chi connectivity index (χ0n) is 7.18. The lowest BCUT2D eigenvalue weighted by atomic mass is 10.3. The van der Waals surface area contributed by atoms with Crippen LogP contribution >= 0.6 is 0 Å². The molecule has 0 aliphatic rings. The van der Waals surface area contributed by atoms with Crippen LogP contribution in [0.4, 0.5) is 0 Å². The largest absolute Gasteiger partial charge is 0.377 e. The van der Waals surface area contributed by atoms with Crippen molar-refractivity contribution >= 4 is 0 Å². The van der Waals surface area contributed by atoms with Crippen LogP contribution in [0, 0.1) is 0 Å². The summed E-state index contributed by atoms with van der Waals surface area (Å²) >= 11 is 0. The van der Waals surface area contributed by atoms with Crippen LogP contribution in [0.3, 0.4) is 0 Å². The van der Waals surface area contributed by atoms with Crippen molar-refractivity contribution in [3.63, 3.8) is 0 Å². The zero-order chi connectivity index (χ0) is 7.98. The normalized spacial score (nSPS) is 10.2. The summed E-state index contributed by atoms with van der Waals surface area (Å²) in [6.45, 7) is 3.97. The number of hydrogen-bond acceptors (Lipinski definition) is 1. The van der Waals surface area contributed by atoms with Crippen LogP contribution in [0.5, 0.6) is 0 Å². The van der Waals surface area contributed by atoms with Crippen LogP contribution < -0.4 is 0 Å².